The van der Waals surface area contributed by atoms with Crippen molar-refractivity contribution >= 4 is 5.97 Å². The SMILES string of the molecule is CO[C@@H]1CCCN(CCC(=O)O)C1. The van der Waals surface area contributed by atoms with E-state index in [1.54, 1.807) is 7.11 Å². The number of hydrogen-bond acceptors (Lipinski definition) is 3. The molecule has 1 rings (SSSR count). The molecule has 76 valence electrons. The van der Waals surface area contributed by atoms with Gasteiger partial charge in [0.25, 0.3) is 0 Å². The summed E-state index contributed by atoms with van der Waals surface area (Å²) in [5.41, 5.74) is 0. The second-order valence-corrected chi connectivity index (χ2v) is 3.44. The third-order valence-corrected chi connectivity index (χ3v) is 2.44. The van der Waals surface area contributed by atoms with Crippen molar-refractivity contribution in [2.45, 2.75) is 25.4 Å². The number of likely N-dealkylation sites (tertiary alicyclic amines) is 1. The average Bonchev–Trinajstić information content (AvgIpc) is 2.15. The van der Waals surface area contributed by atoms with Crippen LogP contribution in [0, 0.1) is 0 Å². The van der Waals surface area contributed by atoms with Crippen molar-refractivity contribution in [1.29, 1.82) is 0 Å². The summed E-state index contributed by atoms with van der Waals surface area (Å²) in [5, 5.41) is 8.51. The lowest BCUT2D eigenvalue weighted by Crippen LogP contribution is -2.40. The Labute approximate surface area is 78.5 Å². The first kappa shape index (κ1) is 10.5. The third kappa shape index (κ3) is 3.74. The van der Waals surface area contributed by atoms with Gasteiger partial charge in [0.15, 0.2) is 0 Å². The van der Waals surface area contributed by atoms with Gasteiger partial charge in [0.1, 0.15) is 0 Å². The second-order valence-electron chi connectivity index (χ2n) is 3.44. The summed E-state index contributed by atoms with van der Waals surface area (Å²) in [6, 6.07) is 0. The van der Waals surface area contributed by atoms with E-state index in [1.165, 1.54) is 0 Å². The number of rotatable bonds is 4. The third-order valence-electron chi connectivity index (χ3n) is 2.44. The van der Waals surface area contributed by atoms with Crippen LogP contribution in [0.15, 0.2) is 0 Å². The molecule has 1 atom stereocenters. The molecule has 1 N–H and O–H groups in total. The molecule has 0 aromatic carbocycles. The van der Waals surface area contributed by atoms with Crippen LogP contribution >= 0.6 is 0 Å². The van der Waals surface area contributed by atoms with Gasteiger partial charge in [-0.05, 0) is 19.4 Å². The van der Waals surface area contributed by atoms with Gasteiger partial charge < -0.3 is 14.7 Å². The van der Waals surface area contributed by atoms with Crippen molar-refractivity contribution in [1.82, 2.24) is 4.90 Å². The predicted molar refractivity (Wildman–Crippen MR) is 48.7 cm³/mol. The van der Waals surface area contributed by atoms with Gasteiger partial charge >= 0.3 is 5.97 Å². The van der Waals surface area contributed by atoms with Crippen molar-refractivity contribution in [2.24, 2.45) is 0 Å². The van der Waals surface area contributed by atoms with Crippen molar-refractivity contribution in [2.75, 3.05) is 26.7 Å². The number of carbonyl (C=O) groups is 1. The number of carboxylic acid groups (broad SMARTS) is 1. The van der Waals surface area contributed by atoms with Gasteiger partial charge in [-0.15, -0.1) is 0 Å². The molecule has 0 aromatic heterocycles. The smallest absolute Gasteiger partial charge is 0.304 e. The van der Waals surface area contributed by atoms with Gasteiger partial charge in [0.05, 0.1) is 12.5 Å². The summed E-state index contributed by atoms with van der Waals surface area (Å²) in [4.78, 5) is 12.5. The number of methoxy groups -OCH3 is 1. The lowest BCUT2D eigenvalue weighted by atomic mass is 10.1. The number of ether oxygens (including phenoxy) is 1. The summed E-state index contributed by atoms with van der Waals surface area (Å²) in [5.74, 6) is -0.723. The van der Waals surface area contributed by atoms with E-state index >= 15 is 0 Å². The molecule has 0 aliphatic carbocycles. The molecule has 13 heavy (non-hydrogen) atoms. The number of piperidine rings is 1. The molecule has 1 saturated heterocycles. The van der Waals surface area contributed by atoms with Gasteiger partial charge in [-0.25, -0.2) is 0 Å². The molecule has 1 heterocycles. The van der Waals surface area contributed by atoms with E-state index in [0.717, 1.165) is 25.9 Å². The maximum Gasteiger partial charge on any atom is 0.304 e. The van der Waals surface area contributed by atoms with Crippen molar-refractivity contribution in [3.8, 4) is 0 Å². The quantitative estimate of drug-likeness (QED) is 0.699. The Morgan fingerprint density at radius 2 is 2.46 bits per heavy atom. The van der Waals surface area contributed by atoms with Crippen LogP contribution in [0.25, 0.3) is 0 Å². The minimum atomic E-state index is -0.723. The lowest BCUT2D eigenvalue weighted by Gasteiger charge is -2.31. The van der Waals surface area contributed by atoms with Crippen LogP contribution in [-0.2, 0) is 9.53 Å². The fourth-order valence-corrected chi connectivity index (χ4v) is 1.66. The van der Waals surface area contributed by atoms with E-state index in [4.69, 9.17) is 9.84 Å². The fourth-order valence-electron chi connectivity index (χ4n) is 1.66. The number of carboxylic acids is 1. The van der Waals surface area contributed by atoms with Crippen molar-refractivity contribution in [3.05, 3.63) is 0 Å². The second kappa shape index (κ2) is 5.19. The van der Waals surface area contributed by atoms with Crippen molar-refractivity contribution in [3.63, 3.8) is 0 Å². The van der Waals surface area contributed by atoms with E-state index in [1.807, 2.05) is 0 Å². The van der Waals surface area contributed by atoms with Crippen LogP contribution in [0.3, 0.4) is 0 Å². The van der Waals surface area contributed by atoms with Crippen LogP contribution in [-0.4, -0.2) is 48.8 Å². The fraction of sp³-hybridized carbons (Fsp3) is 0.889. The van der Waals surface area contributed by atoms with Crippen LogP contribution in [0.1, 0.15) is 19.3 Å². The highest BCUT2D eigenvalue weighted by molar-refractivity contribution is 5.66. The standard InChI is InChI=1S/C9H17NO3/c1-13-8-3-2-5-10(7-8)6-4-9(11)12/h8H,2-7H2,1H3,(H,11,12)/t8-/m1/s1. The van der Waals surface area contributed by atoms with E-state index in [9.17, 15) is 4.79 Å². The molecule has 0 aromatic rings. The highest BCUT2D eigenvalue weighted by Crippen LogP contribution is 2.12. The van der Waals surface area contributed by atoms with Gasteiger partial charge in [-0.1, -0.05) is 0 Å². The topological polar surface area (TPSA) is 49.8 Å². The molecule has 0 radical (unpaired) electrons. The van der Waals surface area contributed by atoms with Crippen LogP contribution < -0.4 is 0 Å². The van der Waals surface area contributed by atoms with E-state index in [0.29, 0.717) is 12.6 Å². The van der Waals surface area contributed by atoms with E-state index < -0.39 is 5.97 Å². The van der Waals surface area contributed by atoms with E-state index in [2.05, 4.69) is 4.90 Å². The monoisotopic (exact) mass is 187 g/mol. The molecule has 1 aliphatic rings. The molecule has 0 spiro atoms. The molecular weight excluding hydrogens is 170 g/mol. The molecule has 0 bridgehead atoms. The zero-order valence-corrected chi connectivity index (χ0v) is 8.03. The maximum atomic E-state index is 10.3. The summed E-state index contributed by atoms with van der Waals surface area (Å²) >= 11 is 0. The Balaban J connectivity index is 2.21. The zero-order chi connectivity index (χ0) is 9.68. The molecule has 0 unspecified atom stereocenters. The Morgan fingerprint density at radius 3 is 3.08 bits per heavy atom. The highest BCUT2D eigenvalue weighted by Gasteiger charge is 2.19. The Bertz CT molecular complexity index is 172. The van der Waals surface area contributed by atoms with Gasteiger partial charge in [-0.2, -0.15) is 0 Å². The van der Waals surface area contributed by atoms with E-state index in [-0.39, 0.29) is 6.42 Å². The zero-order valence-electron chi connectivity index (χ0n) is 8.03. The Hall–Kier alpha value is -0.610. The summed E-state index contributed by atoms with van der Waals surface area (Å²) in [6.45, 7) is 2.53. The minimum Gasteiger partial charge on any atom is -0.481 e. The Morgan fingerprint density at radius 1 is 1.69 bits per heavy atom. The molecule has 4 nitrogen and oxygen atoms in total. The van der Waals surface area contributed by atoms with Gasteiger partial charge in [0.2, 0.25) is 0 Å². The Kier molecular flexibility index (Phi) is 4.18. The first-order valence-corrected chi connectivity index (χ1v) is 4.69. The van der Waals surface area contributed by atoms with Crippen molar-refractivity contribution < 1.29 is 14.6 Å². The predicted octanol–water partition coefficient (Wildman–Crippen LogP) is 0.572. The number of aliphatic carboxylic acids is 1. The summed E-state index contributed by atoms with van der Waals surface area (Å²) in [7, 11) is 1.71. The molecule has 1 fully saturated rings. The van der Waals surface area contributed by atoms with Gasteiger partial charge in [-0.3, -0.25) is 4.79 Å². The average molecular weight is 187 g/mol. The minimum absolute atomic E-state index is 0.233. The molecule has 0 saturated carbocycles. The number of hydrogen-bond donors (Lipinski definition) is 1. The van der Waals surface area contributed by atoms with Crippen LogP contribution in [0.5, 0.6) is 0 Å². The highest BCUT2D eigenvalue weighted by atomic mass is 16.5. The number of nitrogens with zero attached hydrogens (tertiary/aromatic N) is 1. The summed E-state index contributed by atoms with van der Waals surface area (Å²) < 4.78 is 5.24. The largest absolute Gasteiger partial charge is 0.481 e. The first-order chi connectivity index (χ1) is 6.22. The molecular formula is C9H17NO3. The maximum absolute atomic E-state index is 10.3. The molecule has 1 aliphatic heterocycles. The van der Waals surface area contributed by atoms with Crippen LogP contribution in [0.4, 0.5) is 0 Å². The van der Waals surface area contributed by atoms with Crippen LogP contribution in [0.2, 0.25) is 0 Å². The summed E-state index contributed by atoms with van der Waals surface area (Å²) in [6.07, 6.45) is 2.73. The normalized spacial score (nSPS) is 24.5. The lowest BCUT2D eigenvalue weighted by molar-refractivity contribution is -0.137. The van der Waals surface area contributed by atoms with Gasteiger partial charge in [0, 0.05) is 20.2 Å². The molecule has 0 amide bonds. The molecule has 4 heteroatoms. The first-order valence-electron chi connectivity index (χ1n) is 4.69.